The van der Waals surface area contributed by atoms with Gasteiger partial charge in [-0.2, -0.15) is 0 Å². The molecule has 0 aromatic carbocycles. The van der Waals surface area contributed by atoms with Gasteiger partial charge >= 0.3 is 6.47 Å². The van der Waals surface area contributed by atoms with Crippen LogP contribution < -0.4 is 5.32 Å². The first-order valence-electron chi connectivity index (χ1n) is 2.66. The summed E-state index contributed by atoms with van der Waals surface area (Å²) in [5.74, 6) is 0. The van der Waals surface area contributed by atoms with E-state index in [1.165, 1.54) is 19.3 Å². The Bertz CT molecular complexity index is 80.5. The second kappa shape index (κ2) is 2.67. The van der Waals surface area contributed by atoms with E-state index in [-0.39, 0.29) is 0 Å². The summed E-state index contributed by atoms with van der Waals surface area (Å²) in [6, 6.07) is 0.600. The number of hydrogen-bond donors (Lipinski definition) is 1. The van der Waals surface area contributed by atoms with Gasteiger partial charge in [-0.25, -0.2) is 4.79 Å². The summed E-state index contributed by atoms with van der Waals surface area (Å²) >= 11 is 0. The van der Waals surface area contributed by atoms with Crippen molar-refractivity contribution in [1.82, 2.24) is 5.32 Å². The second-order valence-corrected chi connectivity index (χ2v) is 1.85. The van der Waals surface area contributed by atoms with E-state index in [0.29, 0.717) is 12.8 Å². The predicted molar refractivity (Wildman–Crippen MR) is 27.8 cm³/mol. The lowest BCUT2D eigenvalue weighted by atomic mass is 10.7. The monoisotopic (exact) mass is 114 g/mol. The van der Waals surface area contributed by atoms with Gasteiger partial charge in [-0.15, -0.1) is 0 Å². The number of hydrogen-bond acceptors (Lipinski definition) is 3. The molecular weight excluding hydrogens is 106 g/mol. The average Bonchev–Trinajstić information content (AvgIpc) is 2.51. The van der Waals surface area contributed by atoms with Crippen LogP contribution in [-0.2, 0) is 9.53 Å². The first-order valence-corrected chi connectivity index (χ1v) is 2.66. The zero-order valence-corrected chi connectivity index (χ0v) is 4.52. The molecule has 8 heavy (non-hydrogen) atoms. The van der Waals surface area contributed by atoms with Crippen molar-refractivity contribution in [2.45, 2.75) is 18.9 Å². The van der Waals surface area contributed by atoms with E-state index in [4.69, 9.17) is 0 Å². The van der Waals surface area contributed by atoms with Gasteiger partial charge in [0.15, 0.2) is 0 Å². The summed E-state index contributed by atoms with van der Waals surface area (Å²) in [7, 11) is 0. The Labute approximate surface area is 48.0 Å². The summed E-state index contributed by atoms with van der Waals surface area (Å²) in [6.07, 6.45) is 2.42. The fourth-order valence-corrected chi connectivity index (χ4v) is 0.476. The Morgan fingerprint density at radius 1 is 1.75 bits per heavy atom. The zero-order chi connectivity index (χ0) is 5.82. The van der Waals surface area contributed by atoms with Crippen LogP contribution in [0, 0.1) is 0 Å². The largest absolute Gasteiger partial charge is 0.441 e. The van der Waals surface area contributed by atoms with Crippen molar-refractivity contribution < 1.29 is 9.53 Å². The molecular formula is C5H8NO2. The van der Waals surface area contributed by atoms with Gasteiger partial charge in [-0.3, -0.25) is 5.32 Å². The quantitative estimate of drug-likeness (QED) is 0.405. The molecule has 0 bridgehead atoms. The molecule has 0 aromatic heterocycles. The summed E-state index contributed by atoms with van der Waals surface area (Å²) in [6.45, 7) is 1.65. The normalized spacial score (nSPS) is 18.0. The molecule has 1 radical (unpaired) electrons. The molecule has 1 rings (SSSR count). The van der Waals surface area contributed by atoms with Gasteiger partial charge in [0, 0.05) is 6.04 Å². The van der Waals surface area contributed by atoms with Gasteiger partial charge in [0.1, 0.15) is 6.73 Å². The van der Waals surface area contributed by atoms with Crippen molar-refractivity contribution in [2.75, 3.05) is 6.73 Å². The number of carbonyl (C=O) groups excluding carboxylic acids is 1. The highest BCUT2D eigenvalue weighted by Crippen LogP contribution is 2.17. The molecule has 0 spiro atoms. The SMILES string of the molecule is O=[C]OCNC1CC1. The van der Waals surface area contributed by atoms with Gasteiger partial charge in [0.25, 0.3) is 0 Å². The van der Waals surface area contributed by atoms with Crippen LogP contribution in [0.3, 0.4) is 0 Å². The Hall–Kier alpha value is -0.570. The lowest BCUT2D eigenvalue weighted by Crippen LogP contribution is -2.19. The van der Waals surface area contributed by atoms with Crippen molar-refractivity contribution >= 4 is 6.47 Å². The van der Waals surface area contributed by atoms with Crippen molar-refractivity contribution in [3.8, 4) is 0 Å². The van der Waals surface area contributed by atoms with Crippen molar-refractivity contribution in [3.63, 3.8) is 0 Å². The smallest absolute Gasteiger partial charge is 0.418 e. The van der Waals surface area contributed by atoms with Crippen molar-refractivity contribution in [2.24, 2.45) is 0 Å². The molecule has 3 heteroatoms. The molecule has 0 aliphatic heterocycles. The van der Waals surface area contributed by atoms with Gasteiger partial charge in [0.2, 0.25) is 0 Å². The minimum Gasteiger partial charge on any atom is -0.441 e. The third kappa shape index (κ3) is 1.93. The first kappa shape index (κ1) is 5.56. The maximum absolute atomic E-state index is 9.42. The molecule has 0 heterocycles. The van der Waals surface area contributed by atoms with Crippen molar-refractivity contribution in [1.29, 1.82) is 0 Å². The average molecular weight is 114 g/mol. The first-order chi connectivity index (χ1) is 3.93. The van der Waals surface area contributed by atoms with Crippen LogP contribution in [0.4, 0.5) is 0 Å². The Morgan fingerprint density at radius 2 is 2.50 bits per heavy atom. The van der Waals surface area contributed by atoms with Crippen LogP contribution in [0.15, 0.2) is 0 Å². The maximum Gasteiger partial charge on any atom is 0.418 e. The van der Waals surface area contributed by atoms with Crippen LogP contribution in [0.2, 0.25) is 0 Å². The van der Waals surface area contributed by atoms with Gasteiger partial charge < -0.3 is 4.74 Å². The summed E-state index contributed by atoms with van der Waals surface area (Å²) < 4.78 is 4.27. The van der Waals surface area contributed by atoms with E-state index >= 15 is 0 Å². The molecule has 0 amide bonds. The summed E-state index contributed by atoms with van der Waals surface area (Å²) in [5, 5.41) is 2.97. The Balaban J connectivity index is 1.80. The molecule has 1 N–H and O–H groups in total. The fraction of sp³-hybridized carbons (Fsp3) is 0.800. The molecule has 1 fully saturated rings. The molecule has 45 valence electrons. The molecule has 0 saturated heterocycles. The lowest BCUT2D eigenvalue weighted by Gasteiger charge is -1.95. The molecule has 3 nitrogen and oxygen atoms in total. The minimum absolute atomic E-state index is 0.314. The van der Waals surface area contributed by atoms with Crippen LogP contribution in [0.25, 0.3) is 0 Å². The Morgan fingerprint density at radius 3 is 3.00 bits per heavy atom. The maximum atomic E-state index is 9.42. The lowest BCUT2D eigenvalue weighted by molar-refractivity contribution is 0.249. The van der Waals surface area contributed by atoms with Gasteiger partial charge in [-0.05, 0) is 12.8 Å². The van der Waals surface area contributed by atoms with E-state index in [0.717, 1.165) is 0 Å². The van der Waals surface area contributed by atoms with Crippen LogP contribution in [-0.4, -0.2) is 19.2 Å². The fourth-order valence-electron chi connectivity index (χ4n) is 0.476. The molecule has 1 aliphatic carbocycles. The Kier molecular flexibility index (Phi) is 1.86. The third-order valence-electron chi connectivity index (χ3n) is 1.08. The molecule has 1 aliphatic rings. The number of ether oxygens (including phenoxy) is 1. The van der Waals surface area contributed by atoms with E-state index in [9.17, 15) is 4.79 Å². The van der Waals surface area contributed by atoms with E-state index < -0.39 is 0 Å². The topological polar surface area (TPSA) is 38.3 Å². The van der Waals surface area contributed by atoms with Crippen LogP contribution >= 0.6 is 0 Å². The molecule has 0 aromatic rings. The molecule has 0 atom stereocenters. The van der Waals surface area contributed by atoms with E-state index in [2.05, 4.69) is 10.1 Å². The zero-order valence-electron chi connectivity index (χ0n) is 4.52. The van der Waals surface area contributed by atoms with Crippen LogP contribution in [0.1, 0.15) is 12.8 Å². The highest BCUT2D eigenvalue weighted by atomic mass is 16.5. The molecule has 1 saturated carbocycles. The number of rotatable bonds is 4. The van der Waals surface area contributed by atoms with Gasteiger partial charge in [0.05, 0.1) is 0 Å². The highest BCUT2D eigenvalue weighted by Gasteiger charge is 2.19. The highest BCUT2D eigenvalue weighted by molar-refractivity contribution is 5.37. The van der Waals surface area contributed by atoms with Crippen LogP contribution in [0.5, 0.6) is 0 Å². The van der Waals surface area contributed by atoms with E-state index in [1.54, 1.807) is 0 Å². The summed E-state index contributed by atoms with van der Waals surface area (Å²) in [5.41, 5.74) is 0. The van der Waals surface area contributed by atoms with Crippen molar-refractivity contribution in [3.05, 3.63) is 0 Å². The number of nitrogens with one attached hydrogen (secondary N) is 1. The minimum atomic E-state index is 0.314. The second-order valence-electron chi connectivity index (χ2n) is 1.85. The summed E-state index contributed by atoms with van der Waals surface area (Å²) in [4.78, 5) is 9.42. The predicted octanol–water partition coefficient (Wildman–Crippen LogP) is -0.220. The van der Waals surface area contributed by atoms with Gasteiger partial charge in [-0.1, -0.05) is 0 Å². The molecule has 0 unspecified atom stereocenters. The van der Waals surface area contributed by atoms with E-state index in [1.807, 2.05) is 0 Å². The third-order valence-corrected chi connectivity index (χ3v) is 1.08. The standard InChI is InChI=1S/C5H8NO2/c7-4-8-3-6-5-1-2-5/h5-6H,1-3H2.